The van der Waals surface area contributed by atoms with Gasteiger partial charge < -0.3 is 10.3 Å². The molecule has 0 radical (unpaired) electrons. The Hall–Kier alpha value is -1.51. The molecular weight excluding hydrogens is 222 g/mol. The van der Waals surface area contributed by atoms with Crippen LogP contribution in [0.1, 0.15) is 39.4 Å². The molecule has 3 nitrogen and oxygen atoms in total. The van der Waals surface area contributed by atoms with Gasteiger partial charge in [-0.1, -0.05) is 20.8 Å². The van der Waals surface area contributed by atoms with E-state index in [0.29, 0.717) is 5.92 Å². The van der Waals surface area contributed by atoms with Gasteiger partial charge >= 0.3 is 0 Å². The third-order valence-electron chi connectivity index (χ3n) is 3.26. The molecule has 0 fully saturated rings. The highest BCUT2D eigenvalue weighted by atomic mass is 15.1. The molecule has 1 aromatic carbocycles. The van der Waals surface area contributed by atoms with Crippen molar-refractivity contribution in [2.24, 2.45) is 5.92 Å². The molecule has 0 saturated heterocycles. The fraction of sp³-hybridized carbons (Fsp3) is 0.533. The zero-order valence-corrected chi connectivity index (χ0v) is 11.6. The lowest BCUT2D eigenvalue weighted by molar-refractivity contribution is 0.511. The smallest absolute Gasteiger partial charge is 0.109 e. The van der Waals surface area contributed by atoms with Gasteiger partial charge in [-0.3, -0.25) is 0 Å². The van der Waals surface area contributed by atoms with E-state index in [0.717, 1.165) is 30.6 Å². The predicted molar refractivity (Wildman–Crippen MR) is 77.6 cm³/mol. The van der Waals surface area contributed by atoms with Gasteiger partial charge in [-0.05, 0) is 37.0 Å². The lowest BCUT2D eigenvalue weighted by Gasteiger charge is -2.10. The van der Waals surface area contributed by atoms with E-state index >= 15 is 0 Å². The van der Waals surface area contributed by atoms with Gasteiger partial charge in [0.05, 0.1) is 11.0 Å². The van der Waals surface area contributed by atoms with Crippen LogP contribution in [0.25, 0.3) is 11.0 Å². The Kier molecular flexibility index (Phi) is 3.90. The lowest BCUT2D eigenvalue weighted by Crippen LogP contribution is -2.06. The van der Waals surface area contributed by atoms with Crippen LogP contribution in [0.3, 0.4) is 0 Å². The average Bonchev–Trinajstić information content (AvgIpc) is 2.63. The van der Waals surface area contributed by atoms with Crippen LogP contribution >= 0.6 is 0 Å². The fourth-order valence-corrected chi connectivity index (χ4v) is 2.25. The molecule has 0 aliphatic heterocycles. The Balaban J connectivity index is 2.41. The van der Waals surface area contributed by atoms with E-state index in [9.17, 15) is 0 Å². The summed E-state index contributed by atoms with van der Waals surface area (Å²) in [6, 6.07) is 6.03. The van der Waals surface area contributed by atoms with Crippen LogP contribution in [-0.4, -0.2) is 9.55 Å². The Labute approximate surface area is 109 Å². The van der Waals surface area contributed by atoms with Crippen molar-refractivity contribution < 1.29 is 0 Å². The summed E-state index contributed by atoms with van der Waals surface area (Å²) in [6.45, 7) is 7.76. The van der Waals surface area contributed by atoms with Gasteiger partial charge in [0.2, 0.25) is 0 Å². The van der Waals surface area contributed by atoms with E-state index < -0.39 is 0 Å². The highest BCUT2D eigenvalue weighted by Crippen LogP contribution is 2.21. The summed E-state index contributed by atoms with van der Waals surface area (Å²) in [7, 11) is 0. The summed E-state index contributed by atoms with van der Waals surface area (Å²) in [5.74, 6) is 1.91. The van der Waals surface area contributed by atoms with Gasteiger partial charge in [0, 0.05) is 18.7 Å². The Morgan fingerprint density at radius 2 is 2.11 bits per heavy atom. The predicted octanol–water partition coefficient (Wildman–Crippen LogP) is 3.62. The normalized spacial score (nSPS) is 11.6. The van der Waals surface area contributed by atoms with Crippen molar-refractivity contribution in [3.05, 3.63) is 24.0 Å². The maximum absolute atomic E-state index is 5.83. The fourth-order valence-electron chi connectivity index (χ4n) is 2.25. The molecule has 2 N–H and O–H groups in total. The van der Waals surface area contributed by atoms with E-state index in [1.54, 1.807) is 0 Å². The summed E-state index contributed by atoms with van der Waals surface area (Å²) < 4.78 is 2.36. The average molecular weight is 245 g/mol. The van der Waals surface area contributed by atoms with Crippen molar-refractivity contribution in [1.82, 2.24) is 9.55 Å². The van der Waals surface area contributed by atoms with E-state index in [2.05, 4.69) is 31.4 Å². The lowest BCUT2D eigenvalue weighted by atomic mass is 10.1. The maximum Gasteiger partial charge on any atom is 0.109 e. The van der Waals surface area contributed by atoms with Gasteiger partial charge in [0.15, 0.2) is 0 Å². The third-order valence-corrected chi connectivity index (χ3v) is 3.26. The summed E-state index contributed by atoms with van der Waals surface area (Å²) in [5.41, 5.74) is 8.87. The van der Waals surface area contributed by atoms with Crippen LogP contribution in [-0.2, 0) is 13.0 Å². The maximum atomic E-state index is 5.83. The molecule has 0 aliphatic carbocycles. The van der Waals surface area contributed by atoms with Gasteiger partial charge in [0.25, 0.3) is 0 Å². The Morgan fingerprint density at radius 1 is 1.33 bits per heavy atom. The van der Waals surface area contributed by atoms with E-state index in [1.807, 2.05) is 12.1 Å². The molecule has 0 bridgehead atoms. The Morgan fingerprint density at radius 3 is 2.78 bits per heavy atom. The molecular formula is C15H23N3. The number of nitrogen functional groups attached to an aromatic ring is 1. The number of aromatic nitrogens is 2. The number of rotatable bonds is 5. The van der Waals surface area contributed by atoms with Crippen molar-refractivity contribution >= 4 is 16.7 Å². The summed E-state index contributed by atoms with van der Waals surface area (Å²) >= 11 is 0. The molecule has 0 amide bonds. The molecule has 1 heterocycles. The molecule has 0 aliphatic rings. The number of imidazole rings is 1. The minimum atomic E-state index is 0.714. The Bertz CT molecular complexity index is 526. The second-order valence-electron chi connectivity index (χ2n) is 5.36. The summed E-state index contributed by atoms with van der Waals surface area (Å²) in [4.78, 5) is 4.72. The quantitative estimate of drug-likeness (QED) is 0.818. The number of aryl methyl sites for hydroxylation is 2. The first-order valence-corrected chi connectivity index (χ1v) is 6.86. The standard InChI is InChI=1S/C15H23N3/c1-4-5-15-17-13-10-12(16)6-7-14(13)18(15)9-8-11(2)3/h6-7,10-11H,4-5,8-9,16H2,1-3H3. The summed E-state index contributed by atoms with van der Waals surface area (Å²) in [5, 5.41) is 0. The number of nitrogens with two attached hydrogens (primary N) is 1. The number of anilines is 1. The van der Waals surface area contributed by atoms with Crippen LogP contribution in [0.5, 0.6) is 0 Å². The van der Waals surface area contributed by atoms with E-state index in [4.69, 9.17) is 10.7 Å². The van der Waals surface area contributed by atoms with Gasteiger partial charge in [-0.15, -0.1) is 0 Å². The second kappa shape index (κ2) is 5.42. The number of hydrogen-bond donors (Lipinski definition) is 1. The molecule has 0 saturated carbocycles. The zero-order valence-electron chi connectivity index (χ0n) is 11.6. The first-order chi connectivity index (χ1) is 8.61. The second-order valence-corrected chi connectivity index (χ2v) is 5.36. The molecule has 0 unspecified atom stereocenters. The van der Waals surface area contributed by atoms with Gasteiger partial charge in [-0.2, -0.15) is 0 Å². The van der Waals surface area contributed by atoms with Crippen molar-refractivity contribution in [3.8, 4) is 0 Å². The molecule has 2 rings (SSSR count). The van der Waals surface area contributed by atoms with Crippen LogP contribution in [0.4, 0.5) is 5.69 Å². The number of hydrogen-bond acceptors (Lipinski definition) is 2. The van der Waals surface area contributed by atoms with Gasteiger partial charge in [-0.25, -0.2) is 4.98 Å². The van der Waals surface area contributed by atoms with Crippen molar-refractivity contribution in [2.75, 3.05) is 5.73 Å². The summed E-state index contributed by atoms with van der Waals surface area (Å²) in [6.07, 6.45) is 3.35. The first kappa shape index (κ1) is 12.9. The van der Waals surface area contributed by atoms with E-state index in [-0.39, 0.29) is 0 Å². The number of nitrogens with zero attached hydrogens (tertiary/aromatic N) is 2. The highest BCUT2D eigenvalue weighted by Gasteiger charge is 2.10. The zero-order chi connectivity index (χ0) is 13.1. The molecule has 2 aromatic rings. The van der Waals surface area contributed by atoms with Crippen LogP contribution in [0, 0.1) is 5.92 Å². The van der Waals surface area contributed by atoms with E-state index in [1.165, 1.54) is 17.8 Å². The molecule has 3 heteroatoms. The monoisotopic (exact) mass is 245 g/mol. The van der Waals surface area contributed by atoms with Crippen molar-refractivity contribution in [1.29, 1.82) is 0 Å². The first-order valence-electron chi connectivity index (χ1n) is 6.86. The largest absolute Gasteiger partial charge is 0.399 e. The highest BCUT2D eigenvalue weighted by molar-refractivity contribution is 5.79. The molecule has 0 atom stereocenters. The van der Waals surface area contributed by atoms with Crippen molar-refractivity contribution in [3.63, 3.8) is 0 Å². The minimum absolute atomic E-state index is 0.714. The number of fused-ring (bicyclic) bond motifs is 1. The topological polar surface area (TPSA) is 43.8 Å². The number of benzene rings is 1. The van der Waals surface area contributed by atoms with Crippen LogP contribution < -0.4 is 5.73 Å². The SMILES string of the molecule is CCCc1nc2cc(N)ccc2n1CCC(C)C. The molecule has 18 heavy (non-hydrogen) atoms. The van der Waals surface area contributed by atoms with Crippen molar-refractivity contribution in [2.45, 2.75) is 46.6 Å². The van der Waals surface area contributed by atoms with Gasteiger partial charge in [0.1, 0.15) is 5.82 Å². The minimum Gasteiger partial charge on any atom is -0.399 e. The van der Waals surface area contributed by atoms with Crippen LogP contribution in [0.2, 0.25) is 0 Å². The molecule has 1 aromatic heterocycles. The van der Waals surface area contributed by atoms with Crippen LogP contribution in [0.15, 0.2) is 18.2 Å². The molecule has 98 valence electrons. The third kappa shape index (κ3) is 2.66. The molecule has 0 spiro atoms.